The monoisotopic (exact) mass is 304 g/mol. The molecule has 0 aliphatic heterocycles. The van der Waals surface area contributed by atoms with E-state index in [1.165, 1.54) is 25.3 Å². The molecule has 0 saturated carbocycles. The third-order valence-corrected chi connectivity index (χ3v) is 3.65. The number of hydrogen-bond donors (Lipinski definition) is 2. The minimum atomic E-state index is -0.228. The minimum absolute atomic E-state index is 0.0257. The lowest BCUT2D eigenvalue weighted by Gasteiger charge is -2.06. The first-order chi connectivity index (χ1) is 9.11. The molecule has 2 N–H and O–H groups in total. The van der Waals surface area contributed by atoms with E-state index in [0.29, 0.717) is 0 Å². The van der Waals surface area contributed by atoms with Crippen LogP contribution in [-0.4, -0.2) is 15.0 Å². The summed E-state index contributed by atoms with van der Waals surface area (Å²) in [5, 5.41) is 19.0. The van der Waals surface area contributed by atoms with E-state index in [9.17, 15) is 10.2 Å². The predicted molar refractivity (Wildman–Crippen MR) is 81.3 cm³/mol. The molecule has 0 saturated heterocycles. The van der Waals surface area contributed by atoms with Gasteiger partial charge in [0.2, 0.25) is 0 Å². The molecule has 0 aliphatic carbocycles. The summed E-state index contributed by atoms with van der Waals surface area (Å²) in [6.07, 6.45) is 8.51. The van der Waals surface area contributed by atoms with Crippen molar-refractivity contribution < 1.29 is 10.2 Å². The van der Waals surface area contributed by atoms with Gasteiger partial charge in [0.05, 0.1) is 0 Å². The molecular weight excluding hydrogens is 283 g/mol. The zero-order valence-corrected chi connectivity index (χ0v) is 12.6. The van der Waals surface area contributed by atoms with Crippen LogP contribution in [0.1, 0.15) is 50.5 Å². The summed E-state index contributed by atoms with van der Waals surface area (Å²) in [6.45, 7) is 0. The van der Waals surface area contributed by atoms with Gasteiger partial charge in [0.15, 0.2) is 11.5 Å². The highest BCUT2D eigenvalue weighted by atomic mass is 35.5. The number of para-hydroxylation sites is 1. The summed E-state index contributed by atoms with van der Waals surface area (Å²) in [6, 6.07) is 5.12. The highest BCUT2D eigenvalue weighted by Gasteiger charge is 2.05. The van der Waals surface area contributed by atoms with Gasteiger partial charge < -0.3 is 10.2 Å². The number of phenolic OH excluding ortho intramolecular Hbond substituents is 2. The van der Waals surface area contributed by atoms with Crippen LogP contribution >= 0.6 is 23.2 Å². The normalized spacial score (nSPS) is 11.1. The van der Waals surface area contributed by atoms with Crippen LogP contribution in [-0.2, 0) is 6.42 Å². The molecule has 4 heteroatoms. The van der Waals surface area contributed by atoms with Crippen LogP contribution in [0.15, 0.2) is 18.2 Å². The quantitative estimate of drug-likeness (QED) is 0.375. The Morgan fingerprint density at radius 3 is 2.21 bits per heavy atom. The van der Waals surface area contributed by atoms with Crippen LogP contribution in [0.25, 0.3) is 0 Å². The maximum atomic E-state index is 9.65. The Morgan fingerprint density at radius 2 is 1.53 bits per heavy atom. The van der Waals surface area contributed by atoms with E-state index < -0.39 is 0 Å². The highest BCUT2D eigenvalue weighted by molar-refractivity contribution is 6.44. The van der Waals surface area contributed by atoms with Crippen LogP contribution in [0.5, 0.6) is 11.5 Å². The molecule has 108 valence electrons. The van der Waals surface area contributed by atoms with Crippen molar-refractivity contribution in [3.63, 3.8) is 0 Å². The van der Waals surface area contributed by atoms with E-state index in [1.54, 1.807) is 6.07 Å². The van der Waals surface area contributed by atoms with Crippen molar-refractivity contribution in [2.75, 3.05) is 0 Å². The first-order valence-corrected chi connectivity index (χ1v) is 7.76. The Bertz CT molecular complexity index is 367. The average molecular weight is 305 g/mol. The first kappa shape index (κ1) is 16.5. The fourth-order valence-electron chi connectivity index (χ4n) is 2.10. The topological polar surface area (TPSA) is 40.5 Å². The number of aromatic hydroxyl groups is 2. The average Bonchev–Trinajstić information content (AvgIpc) is 2.37. The molecule has 1 aromatic carbocycles. The SMILES string of the molecule is Oc1cccc(CCCCCCCCC(Cl)Cl)c1O. The van der Waals surface area contributed by atoms with Gasteiger partial charge in [0.1, 0.15) is 4.84 Å². The van der Waals surface area contributed by atoms with Gasteiger partial charge in [0, 0.05) is 0 Å². The Balaban J connectivity index is 2.06. The van der Waals surface area contributed by atoms with E-state index in [0.717, 1.165) is 37.7 Å². The zero-order valence-electron chi connectivity index (χ0n) is 11.1. The number of benzene rings is 1. The van der Waals surface area contributed by atoms with E-state index in [4.69, 9.17) is 23.2 Å². The van der Waals surface area contributed by atoms with Crippen LogP contribution in [0.4, 0.5) is 0 Å². The second-order valence-electron chi connectivity index (χ2n) is 4.84. The van der Waals surface area contributed by atoms with Crippen molar-refractivity contribution in [2.45, 2.75) is 56.2 Å². The van der Waals surface area contributed by atoms with Crippen molar-refractivity contribution >= 4 is 23.2 Å². The molecule has 0 unspecified atom stereocenters. The summed E-state index contributed by atoms with van der Waals surface area (Å²) in [4.78, 5) is -0.228. The minimum Gasteiger partial charge on any atom is -0.504 e. The van der Waals surface area contributed by atoms with Crippen LogP contribution < -0.4 is 0 Å². The number of hydrogen-bond acceptors (Lipinski definition) is 2. The lowest BCUT2D eigenvalue weighted by atomic mass is 10.0. The van der Waals surface area contributed by atoms with E-state index >= 15 is 0 Å². The van der Waals surface area contributed by atoms with Gasteiger partial charge in [-0.15, -0.1) is 23.2 Å². The Hall–Kier alpha value is -0.600. The van der Waals surface area contributed by atoms with Crippen LogP contribution in [0, 0.1) is 0 Å². The zero-order chi connectivity index (χ0) is 14.1. The molecule has 0 heterocycles. The Labute approximate surface area is 125 Å². The highest BCUT2D eigenvalue weighted by Crippen LogP contribution is 2.29. The number of phenols is 2. The molecular formula is C15H22Cl2O2. The molecule has 1 aromatic rings. The number of alkyl halides is 2. The fourth-order valence-corrected chi connectivity index (χ4v) is 2.41. The van der Waals surface area contributed by atoms with Crippen LogP contribution in [0.2, 0.25) is 0 Å². The number of aryl methyl sites for hydroxylation is 1. The molecule has 0 amide bonds. The molecule has 0 spiro atoms. The number of halogens is 2. The van der Waals surface area contributed by atoms with Crippen molar-refractivity contribution in [1.29, 1.82) is 0 Å². The van der Waals surface area contributed by atoms with Crippen molar-refractivity contribution in [1.82, 2.24) is 0 Å². The molecule has 19 heavy (non-hydrogen) atoms. The third-order valence-electron chi connectivity index (χ3n) is 3.22. The van der Waals surface area contributed by atoms with Crippen molar-refractivity contribution in [2.24, 2.45) is 0 Å². The molecule has 0 aromatic heterocycles. The fraction of sp³-hybridized carbons (Fsp3) is 0.600. The van der Waals surface area contributed by atoms with Gasteiger partial charge in [-0.2, -0.15) is 0 Å². The summed E-state index contributed by atoms with van der Waals surface area (Å²) in [7, 11) is 0. The van der Waals surface area contributed by atoms with Gasteiger partial charge in [-0.25, -0.2) is 0 Å². The van der Waals surface area contributed by atoms with E-state index in [1.807, 2.05) is 6.07 Å². The molecule has 0 radical (unpaired) electrons. The predicted octanol–water partition coefficient (Wildman–Crippen LogP) is 5.17. The first-order valence-electron chi connectivity index (χ1n) is 6.89. The summed E-state index contributed by atoms with van der Waals surface area (Å²) in [5.41, 5.74) is 0.826. The van der Waals surface area contributed by atoms with Crippen molar-refractivity contribution in [3.8, 4) is 11.5 Å². The number of rotatable bonds is 9. The molecule has 0 aliphatic rings. The standard InChI is InChI=1S/C15H22Cl2O2/c16-14(17)11-6-4-2-1-3-5-8-12-9-7-10-13(18)15(12)19/h7,9-10,14,18-19H,1-6,8,11H2. The second-order valence-corrected chi connectivity index (χ2v) is 6.11. The maximum absolute atomic E-state index is 9.65. The van der Waals surface area contributed by atoms with Gasteiger partial charge in [-0.1, -0.05) is 44.2 Å². The van der Waals surface area contributed by atoms with Gasteiger partial charge in [-0.05, 0) is 30.9 Å². The van der Waals surface area contributed by atoms with Gasteiger partial charge in [-0.3, -0.25) is 0 Å². The molecule has 0 atom stereocenters. The van der Waals surface area contributed by atoms with Crippen molar-refractivity contribution in [3.05, 3.63) is 23.8 Å². The summed E-state index contributed by atoms with van der Waals surface area (Å²) in [5.74, 6) is -0.00744. The number of unbranched alkanes of at least 4 members (excludes halogenated alkanes) is 5. The van der Waals surface area contributed by atoms with Gasteiger partial charge in [0.25, 0.3) is 0 Å². The lowest BCUT2D eigenvalue weighted by molar-refractivity contribution is 0.398. The lowest BCUT2D eigenvalue weighted by Crippen LogP contribution is -1.89. The largest absolute Gasteiger partial charge is 0.504 e. The molecule has 1 rings (SSSR count). The third kappa shape index (κ3) is 6.93. The van der Waals surface area contributed by atoms with Crippen LogP contribution in [0.3, 0.4) is 0 Å². The van der Waals surface area contributed by atoms with E-state index in [-0.39, 0.29) is 16.3 Å². The molecule has 2 nitrogen and oxygen atoms in total. The molecule has 0 fully saturated rings. The summed E-state index contributed by atoms with van der Waals surface area (Å²) < 4.78 is 0. The molecule has 0 bridgehead atoms. The van der Waals surface area contributed by atoms with E-state index in [2.05, 4.69) is 0 Å². The Morgan fingerprint density at radius 1 is 0.895 bits per heavy atom. The smallest absolute Gasteiger partial charge is 0.160 e. The van der Waals surface area contributed by atoms with Gasteiger partial charge >= 0.3 is 0 Å². The Kier molecular flexibility index (Phi) is 8.08. The second kappa shape index (κ2) is 9.33. The summed E-state index contributed by atoms with van der Waals surface area (Å²) >= 11 is 11.3. The maximum Gasteiger partial charge on any atom is 0.160 e.